The molecule has 1 aromatic heterocycles. The van der Waals surface area contributed by atoms with Gasteiger partial charge in [0.2, 0.25) is 0 Å². The molecular weight excluding hydrogens is 228 g/mol. The van der Waals surface area contributed by atoms with Gasteiger partial charge in [-0.05, 0) is 43.7 Å². The second-order valence-electron chi connectivity index (χ2n) is 4.30. The third-order valence-corrected chi connectivity index (χ3v) is 2.86. The molecule has 1 heterocycles. The topological polar surface area (TPSA) is 58.1 Å². The average molecular weight is 246 g/mol. The first-order valence-corrected chi connectivity index (χ1v) is 6.15. The van der Waals surface area contributed by atoms with Crippen molar-refractivity contribution in [1.82, 2.24) is 10.2 Å². The Hall–Kier alpha value is -1.81. The van der Waals surface area contributed by atoms with Gasteiger partial charge in [-0.1, -0.05) is 6.92 Å². The second kappa shape index (κ2) is 5.69. The van der Waals surface area contributed by atoms with E-state index in [0.29, 0.717) is 5.69 Å². The van der Waals surface area contributed by atoms with Crippen LogP contribution in [0.1, 0.15) is 26.0 Å². The molecule has 2 rings (SSSR count). The van der Waals surface area contributed by atoms with Crippen molar-refractivity contribution < 1.29 is 9.84 Å². The lowest BCUT2D eigenvalue weighted by Crippen LogP contribution is -2.09. The first kappa shape index (κ1) is 12.6. The van der Waals surface area contributed by atoms with Crippen molar-refractivity contribution in [1.29, 1.82) is 0 Å². The molecule has 0 radical (unpaired) electrons. The van der Waals surface area contributed by atoms with Gasteiger partial charge in [-0.15, -0.1) is 0 Å². The maximum Gasteiger partial charge on any atom is 0.119 e. The number of hydrogen-bond acceptors (Lipinski definition) is 3. The van der Waals surface area contributed by atoms with E-state index in [4.69, 9.17) is 9.84 Å². The lowest BCUT2D eigenvalue weighted by molar-refractivity contribution is 0.217. The lowest BCUT2D eigenvalue weighted by atomic mass is 10.1. The van der Waals surface area contributed by atoms with E-state index in [-0.39, 0.29) is 12.7 Å². The van der Waals surface area contributed by atoms with Crippen LogP contribution in [0, 0.1) is 0 Å². The Morgan fingerprint density at radius 1 is 1.33 bits per heavy atom. The number of aromatic amines is 1. The summed E-state index contributed by atoms with van der Waals surface area (Å²) in [4.78, 5) is 0. The van der Waals surface area contributed by atoms with Crippen LogP contribution in [0.3, 0.4) is 0 Å². The molecule has 0 fully saturated rings. The van der Waals surface area contributed by atoms with Crippen molar-refractivity contribution in [2.45, 2.75) is 33.0 Å². The molecule has 1 aromatic carbocycles. The normalized spacial score (nSPS) is 12.4. The van der Waals surface area contributed by atoms with Crippen molar-refractivity contribution in [2.24, 2.45) is 0 Å². The highest BCUT2D eigenvalue weighted by atomic mass is 16.5. The van der Waals surface area contributed by atoms with Crippen LogP contribution < -0.4 is 4.74 Å². The molecule has 4 heteroatoms. The van der Waals surface area contributed by atoms with Gasteiger partial charge >= 0.3 is 0 Å². The summed E-state index contributed by atoms with van der Waals surface area (Å²) in [6.45, 7) is 4.12. The van der Waals surface area contributed by atoms with Crippen LogP contribution in [-0.4, -0.2) is 21.4 Å². The van der Waals surface area contributed by atoms with Gasteiger partial charge in [0.05, 0.1) is 24.1 Å². The van der Waals surface area contributed by atoms with Gasteiger partial charge in [0, 0.05) is 5.56 Å². The first-order valence-electron chi connectivity index (χ1n) is 6.15. The van der Waals surface area contributed by atoms with Gasteiger partial charge in [0.1, 0.15) is 5.75 Å². The number of ether oxygens (including phenoxy) is 1. The van der Waals surface area contributed by atoms with Crippen molar-refractivity contribution >= 4 is 0 Å². The molecule has 0 saturated carbocycles. The standard InChI is InChI=1S/C14H18N2O2/c1-3-10(2)18-13-6-4-11(5-7-13)14-8-12(9-17)15-16-14/h4-8,10,17H,3,9H2,1-2H3,(H,15,16). The van der Waals surface area contributed by atoms with E-state index in [0.717, 1.165) is 23.4 Å². The molecule has 2 aromatic rings. The molecule has 4 nitrogen and oxygen atoms in total. The summed E-state index contributed by atoms with van der Waals surface area (Å²) < 4.78 is 5.71. The minimum atomic E-state index is -0.0256. The van der Waals surface area contributed by atoms with Gasteiger partial charge in [0.25, 0.3) is 0 Å². The van der Waals surface area contributed by atoms with E-state index in [1.165, 1.54) is 0 Å². The summed E-state index contributed by atoms with van der Waals surface area (Å²) in [6, 6.07) is 9.65. The van der Waals surface area contributed by atoms with Crippen LogP contribution in [0.4, 0.5) is 0 Å². The predicted octanol–water partition coefficient (Wildman–Crippen LogP) is 2.75. The Bertz CT molecular complexity index is 491. The fourth-order valence-electron chi connectivity index (χ4n) is 1.61. The molecule has 96 valence electrons. The van der Waals surface area contributed by atoms with Gasteiger partial charge in [0.15, 0.2) is 0 Å². The van der Waals surface area contributed by atoms with Crippen molar-refractivity contribution in [3.63, 3.8) is 0 Å². The van der Waals surface area contributed by atoms with E-state index in [9.17, 15) is 0 Å². The number of aliphatic hydroxyl groups excluding tert-OH is 1. The van der Waals surface area contributed by atoms with Gasteiger partial charge in [-0.25, -0.2) is 0 Å². The van der Waals surface area contributed by atoms with Gasteiger partial charge < -0.3 is 9.84 Å². The molecule has 0 aliphatic rings. The molecule has 18 heavy (non-hydrogen) atoms. The fourth-order valence-corrected chi connectivity index (χ4v) is 1.61. The van der Waals surface area contributed by atoms with E-state index < -0.39 is 0 Å². The summed E-state index contributed by atoms with van der Waals surface area (Å²) in [5.74, 6) is 0.867. The molecule has 0 aliphatic heterocycles. The second-order valence-corrected chi connectivity index (χ2v) is 4.30. The fraction of sp³-hybridized carbons (Fsp3) is 0.357. The lowest BCUT2D eigenvalue weighted by Gasteiger charge is -2.12. The third kappa shape index (κ3) is 2.90. The van der Waals surface area contributed by atoms with E-state index in [1.807, 2.05) is 30.3 Å². The number of benzene rings is 1. The zero-order chi connectivity index (χ0) is 13.0. The summed E-state index contributed by atoms with van der Waals surface area (Å²) >= 11 is 0. The molecule has 1 atom stereocenters. The number of nitrogens with zero attached hydrogens (tertiary/aromatic N) is 1. The van der Waals surface area contributed by atoms with Crippen LogP contribution in [-0.2, 0) is 6.61 Å². The van der Waals surface area contributed by atoms with Crippen LogP contribution in [0.2, 0.25) is 0 Å². The van der Waals surface area contributed by atoms with Crippen LogP contribution >= 0.6 is 0 Å². The smallest absolute Gasteiger partial charge is 0.119 e. The quantitative estimate of drug-likeness (QED) is 0.852. The van der Waals surface area contributed by atoms with E-state index in [2.05, 4.69) is 24.0 Å². The molecule has 2 N–H and O–H groups in total. The zero-order valence-electron chi connectivity index (χ0n) is 10.7. The minimum absolute atomic E-state index is 0.0256. The van der Waals surface area contributed by atoms with Gasteiger partial charge in [-0.2, -0.15) is 5.10 Å². The number of H-pyrrole nitrogens is 1. The minimum Gasteiger partial charge on any atom is -0.491 e. The number of hydrogen-bond donors (Lipinski definition) is 2. The summed E-state index contributed by atoms with van der Waals surface area (Å²) in [7, 11) is 0. The predicted molar refractivity (Wildman–Crippen MR) is 70.3 cm³/mol. The average Bonchev–Trinajstić information content (AvgIpc) is 2.88. The Labute approximate surface area is 107 Å². The van der Waals surface area contributed by atoms with Crippen molar-refractivity contribution in [3.05, 3.63) is 36.0 Å². The summed E-state index contributed by atoms with van der Waals surface area (Å²) in [5.41, 5.74) is 2.54. The molecule has 0 amide bonds. The number of rotatable bonds is 5. The number of nitrogens with one attached hydrogen (secondary N) is 1. The van der Waals surface area contributed by atoms with Crippen LogP contribution in [0.15, 0.2) is 30.3 Å². The SMILES string of the molecule is CCC(C)Oc1ccc(-c2cc(CO)[nH]n2)cc1. The summed E-state index contributed by atoms with van der Waals surface area (Å²) in [6.07, 6.45) is 1.21. The van der Waals surface area contributed by atoms with E-state index >= 15 is 0 Å². The Kier molecular flexibility index (Phi) is 3.99. The van der Waals surface area contributed by atoms with Gasteiger partial charge in [-0.3, -0.25) is 5.10 Å². The van der Waals surface area contributed by atoms with Crippen LogP contribution in [0.25, 0.3) is 11.3 Å². The molecule has 0 saturated heterocycles. The Balaban J connectivity index is 2.11. The maximum atomic E-state index is 8.98. The number of aromatic nitrogens is 2. The highest BCUT2D eigenvalue weighted by Gasteiger charge is 2.05. The molecular formula is C14H18N2O2. The molecule has 0 aliphatic carbocycles. The number of aliphatic hydroxyl groups is 1. The zero-order valence-corrected chi connectivity index (χ0v) is 10.7. The Morgan fingerprint density at radius 3 is 2.61 bits per heavy atom. The van der Waals surface area contributed by atoms with Crippen molar-refractivity contribution in [2.75, 3.05) is 0 Å². The third-order valence-electron chi connectivity index (χ3n) is 2.86. The first-order chi connectivity index (χ1) is 8.72. The molecule has 0 spiro atoms. The largest absolute Gasteiger partial charge is 0.491 e. The Morgan fingerprint density at radius 2 is 2.06 bits per heavy atom. The highest BCUT2D eigenvalue weighted by molar-refractivity contribution is 5.60. The monoisotopic (exact) mass is 246 g/mol. The van der Waals surface area contributed by atoms with E-state index in [1.54, 1.807) is 0 Å². The summed E-state index contributed by atoms with van der Waals surface area (Å²) in [5, 5.41) is 15.9. The highest BCUT2D eigenvalue weighted by Crippen LogP contribution is 2.22. The van der Waals surface area contributed by atoms with Crippen LogP contribution in [0.5, 0.6) is 5.75 Å². The maximum absolute atomic E-state index is 8.98. The molecule has 1 unspecified atom stereocenters. The van der Waals surface area contributed by atoms with Crippen molar-refractivity contribution in [3.8, 4) is 17.0 Å². The molecule has 0 bridgehead atoms.